The van der Waals surface area contributed by atoms with Gasteiger partial charge in [0.05, 0.1) is 11.5 Å². The van der Waals surface area contributed by atoms with Gasteiger partial charge in [0.15, 0.2) is 0 Å². The number of ether oxygens (including phenoxy) is 1. The van der Waals surface area contributed by atoms with Crippen LogP contribution in [0.4, 0.5) is 0 Å². The molecule has 1 aliphatic heterocycles. The summed E-state index contributed by atoms with van der Waals surface area (Å²) in [5, 5.41) is 15.3. The largest absolute Gasteiger partial charge is 0.507 e. The second kappa shape index (κ2) is 8.06. The van der Waals surface area contributed by atoms with Crippen molar-refractivity contribution in [1.82, 2.24) is 10.6 Å². The van der Waals surface area contributed by atoms with E-state index in [0.717, 1.165) is 11.1 Å². The number of phenols is 1. The summed E-state index contributed by atoms with van der Waals surface area (Å²) in [5.74, 6) is 0.219. The number of phenolic OH excluding ortho intramolecular Hbond substituents is 1. The van der Waals surface area contributed by atoms with Crippen LogP contribution in [0.15, 0.2) is 72.8 Å². The topological polar surface area (TPSA) is 87.7 Å². The number of rotatable bonds is 5. The lowest BCUT2D eigenvalue weighted by molar-refractivity contribution is -0.121. The van der Waals surface area contributed by atoms with Crippen LogP contribution in [-0.4, -0.2) is 30.0 Å². The van der Waals surface area contributed by atoms with Crippen molar-refractivity contribution in [2.24, 2.45) is 0 Å². The normalized spacial score (nSPS) is 12.3. The summed E-state index contributed by atoms with van der Waals surface area (Å²) in [6, 6.07) is 21.3. The number of amides is 2. The first-order chi connectivity index (χ1) is 14.1. The third-order valence-corrected chi connectivity index (χ3v) is 4.80. The highest BCUT2D eigenvalue weighted by Gasteiger charge is 2.32. The molecule has 1 aliphatic rings. The zero-order valence-corrected chi connectivity index (χ0v) is 15.6. The predicted octanol–water partition coefficient (Wildman–Crippen LogP) is 3.18. The summed E-state index contributed by atoms with van der Waals surface area (Å²) in [7, 11) is 0. The number of nitrogens with one attached hydrogen (secondary N) is 2. The smallest absolute Gasteiger partial charge is 0.255 e. The standard InChI is InChI=1S/C23H20N2O4/c26-18-10-4-1-7-15(18)22(27)24-13-14-25-23(28)21-16-8-2-5-11-19(16)29-20-12-6-3-9-17(20)21/h1-12,21,26H,13-14H2,(H,24,27)(H,25,28). The second-order valence-corrected chi connectivity index (χ2v) is 6.67. The van der Waals surface area contributed by atoms with Crippen molar-refractivity contribution < 1.29 is 19.4 Å². The van der Waals surface area contributed by atoms with Gasteiger partial charge in [-0.2, -0.15) is 0 Å². The van der Waals surface area contributed by atoms with Gasteiger partial charge in [0.2, 0.25) is 5.91 Å². The first-order valence-corrected chi connectivity index (χ1v) is 9.35. The van der Waals surface area contributed by atoms with Gasteiger partial charge >= 0.3 is 0 Å². The van der Waals surface area contributed by atoms with Crippen LogP contribution in [0.25, 0.3) is 0 Å². The quantitative estimate of drug-likeness (QED) is 0.586. The molecule has 6 heteroatoms. The Morgan fingerprint density at radius 3 is 2.00 bits per heavy atom. The van der Waals surface area contributed by atoms with E-state index >= 15 is 0 Å². The Morgan fingerprint density at radius 2 is 1.34 bits per heavy atom. The van der Waals surface area contributed by atoms with Gasteiger partial charge in [0, 0.05) is 24.2 Å². The Morgan fingerprint density at radius 1 is 0.793 bits per heavy atom. The molecule has 0 spiro atoms. The number of hydrogen-bond donors (Lipinski definition) is 3. The molecule has 0 bridgehead atoms. The maximum absolute atomic E-state index is 13.0. The Bertz CT molecular complexity index is 1020. The monoisotopic (exact) mass is 388 g/mol. The number of fused-ring (bicyclic) bond motifs is 2. The molecule has 146 valence electrons. The van der Waals surface area contributed by atoms with E-state index in [1.54, 1.807) is 18.2 Å². The van der Waals surface area contributed by atoms with Crippen molar-refractivity contribution in [2.45, 2.75) is 5.92 Å². The molecule has 4 rings (SSSR count). The van der Waals surface area contributed by atoms with Gasteiger partial charge < -0.3 is 20.5 Å². The van der Waals surface area contributed by atoms with Gasteiger partial charge in [-0.25, -0.2) is 0 Å². The molecule has 3 N–H and O–H groups in total. The Kier molecular flexibility index (Phi) is 5.16. The number of carbonyl (C=O) groups is 2. The molecule has 1 heterocycles. The number of para-hydroxylation sites is 3. The fourth-order valence-electron chi connectivity index (χ4n) is 3.42. The molecule has 0 atom stereocenters. The molecule has 0 saturated heterocycles. The van der Waals surface area contributed by atoms with Crippen molar-refractivity contribution >= 4 is 11.8 Å². The van der Waals surface area contributed by atoms with Crippen LogP contribution in [0.2, 0.25) is 0 Å². The fraction of sp³-hybridized carbons (Fsp3) is 0.130. The van der Waals surface area contributed by atoms with E-state index in [9.17, 15) is 14.7 Å². The molecule has 3 aromatic carbocycles. The van der Waals surface area contributed by atoms with Gasteiger partial charge in [-0.3, -0.25) is 9.59 Å². The summed E-state index contributed by atoms with van der Waals surface area (Å²) < 4.78 is 5.91. The molecule has 3 aromatic rings. The first kappa shape index (κ1) is 18.6. The molecule has 2 amide bonds. The van der Waals surface area contributed by atoms with Crippen LogP contribution in [0.5, 0.6) is 17.2 Å². The van der Waals surface area contributed by atoms with Gasteiger partial charge in [0.25, 0.3) is 5.91 Å². The van der Waals surface area contributed by atoms with E-state index in [2.05, 4.69) is 10.6 Å². The van der Waals surface area contributed by atoms with E-state index in [4.69, 9.17) is 4.74 Å². The second-order valence-electron chi connectivity index (χ2n) is 6.67. The third-order valence-electron chi connectivity index (χ3n) is 4.80. The average molecular weight is 388 g/mol. The van der Waals surface area contributed by atoms with Crippen LogP contribution < -0.4 is 15.4 Å². The maximum atomic E-state index is 13.0. The Labute approximate surface area is 168 Å². The molecule has 0 unspecified atom stereocenters. The lowest BCUT2D eigenvalue weighted by Crippen LogP contribution is -2.37. The van der Waals surface area contributed by atoms with Crippen molar-refractivity contribution in [1.29, 1.82) is 0 Å². The van der Waals surface area contributed by atoms with Crippen LogP contribution in [0.3, 0.4) is 0 Å². The number of benzene rings is 3. The third kappa shape index (κ3) is 3.78. The van der Waals surface area contributed by atoms with Crippen molar-refractivity contribution in [3.8, 4) is 17.2 Å². The van der Waals surface area contributed by atoms with Gasteiger partial charge in [-0.1, -0.05) is 48.5 Å². The number of hydrogen-bond acceptors (Lipinski definition) is 4. The van der Waals surface area contributed by atoms with Gasteiger partial charge in [-0.15, -0.1) is 0 Å². The van der Waals surface area contributed by atoms with E-state index in [0.29, 0.717) is 11.5 Å². The predicted molar refractivity (Wildman–Crippen MR) is 108 cm³/mol. The Hall–Kier alpha value is -3.80. The molecular formula is C23H20N2O4. The highest BCUT2D eigenvalue weighted by atomic mass is 16.5. The molecular weight excluding hydrogens is 368 g/mol. The molecule has 0 aliphatic carbocycles. The van der Waals surface area contributed by atoms with Crippen LogP contribution in [0, 0.1) is 0 Å². The molecule has 29 heavy (non-hydrogen) atoms. The zero-order chi connectivity index (χ0) is 20.2. The van der Waals surface area contributed by atoms with Crippen LogP contribution in [-0.2, 0) is 4.79 Å². The van der Waals surface area contributed by atoms with Crippen LogP contribution in [0.1, 0.15) is 27.4 Å². The summed E-state index contributed by atoms with van der Waals surface area (Å²) in [6.45, 7) is 0.505. The molecule has 0 fully saturated rings. The van der Waals surface area contributed by atoms with E-state index in [1.165, 1.54) is 6.07 Å². The SMILES string of the molecule is O=C(NCCNC(=O)C1c2ccccc2Oc2ccccc21)c1ccccc1O. The van der Waals surface area contributed by atoms with Crippen molar-refractivity contribution in [3.05, 3.63) is 89.5 Å². The first-order valence-electron chi connectivity index (χ1n) is 9.35. The van der Waals surface area contributed by atoms with E-state index in [1.807, 2.05) is 48.5 Å². The molecule has 6 nitrogen and oxygen atoms in total. The van der Waals surface area contributed by atoms with Gasteiger partial charge in [0.1, 0.15) is 17.2 Å². The maximum Gasteiger partial charge on any atom is 0.255 e. The van der Waals surface area contributed by atoms with Gasteiger partial charge in [-0.05, 0) is 24.3 Å². The molecule has 0 aromatic heterocycles. The summed E-state index contributed by atoms with van der Waals surface area (Å²) >= 11 is 0. The van der Waals surface area contributed by atoms with E-state index < -0.39 is 5.92 Å². The minimum absolute atomic E-state index is 0.0792. The van der Waals surface area contributed by atoms with Crippen molar-refractivity contribution in [3.63, 3.8) is 0 Å². The zero-order valence-electron chi connectivity index (χ0n) is 15.6. The lowest BCUT2D eigenvalue weighted by atomic mass is 9.87. The summed E-state index contributed by atoms with van der Waals surface area (Å²) in [4.78, 5) is 25.1. The van der Waals surface area contributed by atoms with Crippen molar-refractivity contribution in [2.75, 3.05) is 13.1 Å². The highest BCUT2D eigenvalue weighted by molar-refractivity contribution is 5.96. The number of carbonyl (C=O) groups excluding carboxylic acids is 2. The highest BCUT2D eigenvalue weighted by Crippen LogP contribution is 2.43. The number of aromatic hydroxyl groups is 1. The lowest BCUT2D eigenvalue weighted by Gasteiger charge is -2.27. The summed E-state index contributed by atoms with van der Waals surface area (Å²) in [5.41, 5.74) is 1.81. The average Bonchev–Trinajstić information content (AvgIpc) is 2.75. The van der Waals surface area contributed by atoms with Crippen LogP contribution >= 0.6 is 0 Å². The molecule has 0 radical (unpaired) electrons. The minimum atomic E-state index is -0.481. The van der Waals surface area contributed by atoms with E-state index in [-0.39, 0.29) is 36.2 Å². The molecule has 0 saturated carbocycles. The fourth-order valence-corrected chi connectivity index (χ4v) is 3.42. The summed E-state index contributed by atoms with van der Waals surface area (Å²) in [6.07, 6.45) is 0. The Balaban J connectivity index is 1.42. The minimum Gasteiger partial charge on any atom is -0.507 e.